The van der Waals surface area contributed by atoms with Crippen LogP contribution >= 0.6 is 0 Å². The smallest absolute Gasteiger partial charge is 0.306 e. The molecule has 0 N–H and O–H groups in total. The van der Waals surface area contributed by atoms with Gasteiger partial charge in [-0.15, -0.1) is 0 Å². The van der Waals surface area contributed by atoms with Crippen LogP contribution in [0.15, 0.2) is 23.8 Å². The van der Waals surface area contributed by atoms with Gasteiger partial charge >= 0.3 is 5.97 Å². The number of esters is 1. The van der Waals surface area contributed by atoms with Crippen LogP contribution in [0.25, 0.3) is 0 Å². The summed E-state index contributed by atoms with van der Waals surface area (Å²) in [4.78, 5) is 23.6. The Bertz CT molecular complexity index is 748. The molecule has 0 radical (unpaired) electrons. The van der Waals surface area contributed by atoms with Crippen LogP contribution < -0.4 is 0 Å². The summed E-state index contributed by atoms with van der Waals surface area (Å²) in [6.07, 6.45) is 13.7. The molecule has 0 aromatic heterocycles. The van der Waals surface area contributed by atoms with E-state index >= 15 is 0 Å². The maximum absolute atomic E-state index is 11.9. The number of carbonyl (C=O) groups excluding carboxylic acids is 2. The maximum atomic E-state index is 11.9. The Morgan fingerprint density at radius 3 is 2.79 bits per heavy atom. The van der Waals surface area contributed by atoms with Gasteiger partial charge < -0.3 is 4.74 Å². The number of ether oxygens (including phenoxy) is 1. The van der Waals surface area contributed by atoms with E-state index in [1.807, 2.05) is 6.08 Å². The van der Waals surface area contributed by atoms with Crippen LogP contribution in [0.1, 0.15) is 51.9 Å². The van der Waals surface area contributed by atoms with Gasteiger partial charge in [-0.1, -0.05) is 19.1 Å². The van der Waals surface area contributed by atoms with Crippen molar-refractivity contribution in [2.45, 2.75) is 57.5 Å². The van der Waals surface area contributed by atoms with Crippen molar-refractivity contribution in [2.75, 3.05) is 0 Å². The molecule has 6 rings (SSSR count). The fourth-order valence-corrected chi connectivity index (χ4v) is 8.04. The lowest BCUT2D eigenvalue weighted by Gasteiger charge is -2.53. The largest absolute Gasteiger partial charge is 0.458 e. The zero-order valence-electron chi connectivity index (χ0n) is 14.2. The normalized spacial score (nSPS) is 56.5. The third-order valence-electron chi connectivity index (χ3n) is 9.03. The molecule has 5 unspecified atom stereocenters. The van der Waals surface area contributed by atoms with Gasteiger partial charge in [0.15, 0.2) is 5.78 Å². The van der Waals surface area contributed by atoms with E-state index in [-0.39, 0.29) is 17.0 Å². The standard InChI is InChI=1S/C21H24O3/c1-19-7-4-13(22)10-12(19)2-3-14-15(19)5-8-20-16(14)6-9-21(20)17(20)11-18(23)24-21/h2-3,10,14-17H,4-9,11H2,1H3/t14?,15?,16?,17?,19?,20-,21+/m0/s1. The molecule has 3 nitrogen and oxygen atoms in total. The highest BCUT2D eigenvalue weighted by Crippen LogP contribution is 2.84. The average molecular weight is 324 g/mol. The first-order chi connectivity index (χ1) is 11.5. The van der Waals surface area contributed by atoms with Gasteiger partial charge in [0, 0.05) is 17.8 Å². The Labute approximate surface area is 142 Å². The Hall–Kier alpha value is -1.38. The topological polar surface area (TPSA) is 43.4 Å². The monoisotopic (exact) mass is 324 g/mol. The number of allylic oxidation sites excluding steroid dienone is 4. The van der Waals surface area contributed by atoms with E-state index in [0.29, 0.717) is 47.7 Å². The first-order valence-electron chi connectivity index (χ1n) is 9.66. The summed E-state index contributed by atoms with van der Waals surface area (Å²) in [5.74, 6) is 2.78. The van der Waals surface area contributed by atoms with Crippen molar-refractivity contribution >= 4 is 11.8 Å². The Kier molecular flexibility index (Phi) is 2.25. The second-order valence-electron chi connectivity index (χ2n) is 9.37. The van der Waals surface area contributed by atoms with E-state index in [4.69, 9.17) is 4.74 Å². The van der Waals surface area contributed by atoms with Crippen molar-refractivity contribution < 1.29 is 14.3 Å². The van der Waals surface area contributed by atoms with Gasteiger partial charge in [-0.05, 0) is 66.9 Å². The lowest BCUT2D eigenvalue weighted by atomic mass is 9.51. The van der Waals surface area contributed by atoms with Crippen LogP contribution in [0.4, 0.5) is 0 Å². The van der Waals surface area contributed by atoms with Crippen molar-refractivity contribution in [3.63, 3.8) is 0 Å². The van der Waals surface area contributed by atoms with Crippen LogP contribution in [0.3, 0.4) is 0 Å². The molecule has 4 fully saturated rings. The molecule has 0 aromatic carbocycles. The number of rotatable bonds is 0. The number of ketones is 1. The minimum Gasteiger partial charge on any atom is -0.458 e. The summed E-state index contributed by atoms with van der Waals surface area (Å²) in [6.45, 7) is 2.39. The van der Waals surface area contributed by atoms with Crippen molar-refractivity contribution in [3.8, 4) is 0 Å². The summed E-state index contributed by atoms with van der Waals surface area (Å²) < 4.78 is 5.91. The molecule has 126 valence electrons. The Balaban J connectivity index is 1.41. The molecule has 5 aliphatic carbocycles. The Morgan fingerprint density at radius 2 is 1.96 bits per heavy atom. The molecule has 1 heterocycles. The second kappa shape index (κ2) is 3.89. The molecule has 3 heteroatoms. The number of carbonyl (C=O) groups is 2. The van der Waals surface area contributed by atoms with E-state index in [2.05, 4.69) is 19.1 Å². The highest BCUT2D eigenvalue weighted by molar-refractivity contribution is 5.92. The first-order valence-corrected chi connectivity index (χ1v) is 9.66. The number of fused-ring (bicyclic) bond motifs is 4. The van der Waals surface area contributed by atoms with Crippen LogP contribution in [0, 0.1) is 34.5 Å². The van der Waals surface area contributed by atoms with Gasteiger partial charge in [0.05, 0.1) is 6.42 Å². The molecule has 2 spiro atoms. The van der Waals surface area contributed by atoms with E-state index < -0.39 is 0 Å². The number of hydrogen-bond donors (Lipinski definition) is 0. The summed E-state index contributed by atoms with van der Waals surface area (Å²) in [5.41, 5.74) is 1.67. The van der Waals surface area contributed by atoms with Gasteiger partial charge in [0.1, 0.15) is 5.60 Å². The van der Waals surface area contributed by atoms with Crippen LogP contribution in [-0.2, 0) is 14.3 Å². The molecule has 7 atom stereocenters. The highest BCUT2D eigenvalue weighted by atomic mass is 16.6. The molecular weight excluding hydrogens is 300 g/mol. The molecule has 1 aliphatic heterocycles. The van der Waals surface area contributed by atoms with Gasteiger partial charge in [-0.25, -0.2) is 0 Å². The molecule has 0 bridgehead atoms. The van der Waals surface area contributed by atoms with Crippen LogP contribution in [-0.4, -0.2) is 17.4 Å². The molecule has 0 amide bonds. The molecule has 6 aliphatic rings. The number of hydrogen-bond acceptors (Lipinski definition) is 3. The molecule has 24 heavy (non-hydrogen) atoms. The zero-order chi connectivity index (χ0) is 16.3. The predicted octanol–water partition coefficient (Wildman–Crippen LogP) is 3.59. The van der Waals surface area contributed by atoms with Crippen LogP contribution in [0.2, 0.25) is 0 Å². The molecule has 3 saturated carbocycles. The first kappa shape index (κ1) is 13.9. The SMILES string of the molecule is CC12CCC(=O)C=C1C=CC1C2CC[C@@]23C1CC[C@]21OC(=O)CC31. The summed E-state index contributed by atoms with van der Waals surface area (Å²) in [7, 11) is 0. The fourth-order valence-electron chi connectivity index (χ4n) is 8.04. The van der Waals surface area contributed by atoms with Crippen molar-refractivity contribution in [1.29, 1.82) is 0 Å². The lowest BCUT2D eigenvalue weighted by molar-refractivity contribution is -0.149. The van der Waals surface area contributed by atoms with Crippen molar-refractivity contribution in [2.24, 2.45) is 34.5 Å². The van der Waals surface area contributed by atoms with E-state index in [9.17, 15) is 9.59 Å². The minimum absolute atomic E-state index is 0.0376. The summed E-state index contributed by atoms with van der Waals surface area (Å²) in [5, 5.41) is 0. The van der Waals surface area contributed by atoms with Crippen molar-refractivity contribution in [1.82, 2.24) is 0 Å². The second-order valence-corrected chi connectivity index (χ2v) is 9.37. The van der Waals surface area contributed by atoms with Gasteiger partial charge in [0.2, 0.25) is 0 Å². The highest BCUT2D eigenvalue weighted by Gasteiger charge is 2.88. The third-order valence-corrected chi connectivity index (χ3v) is 9.03. The summed E-state index contributed by atoms with van der Waals surface area (Å²) >= 11 is 0. The van der Waals surface area contributed by atoms with Crippen molar-refractivity contribution in [3.05, 3.63) is 23.8 Å². The molecular formula is C21H24O3. The third kappa shape index (κ3) is 1.25. The van der Waals surface area contributed by atoms with Gasteiger partial charge in [0.25, 0.3) is 0 Å². The molecule has 0 aromatic rings. The van der Waals surface area contributed by atoms with E-state index in [1.165, 1.54) is 24.8 Å². The fraction of sp³-hybridized carbons (Fsp3) is 0.714. The summed E-state index contributed by atoms with van der Waals surface area (Å²) in [6, 6.07) is 0. The predicted molar refractivity (Wildman–Crippen MR) is 87.9 cm³/mol. The van der Waals surface area contributed by atoms with E-state index in [0.717, 1.165) is 12.8 Å². The van der Waals surface area contributed by atoms with Gasteiger partial charge in [-0.2, -0.15) is 0 Å². The quantitative estimate of drug-likeness (QED) is 0.640. The minimum atomic E-state index is -0.0763. The van der Waals surface area contributed by atoms with Gasteiger partial charge in [-0.3, -0.25) is 9.59 Å². The lowest BCUT2D eigenvalue weighted by Crippen LogP contribution is -2.47. The van der Waals surface area contributed by atoms with Crippen LogP contribution in [0.5, 0.6) is 0 Å². The maximum Gasteiger partial charge on any atom is 0.306 e. The van der Waals surface area contributed by atoms with E-state index in [1.54, 1.807) is 0 Å². The Morgan fingerprint density at radius 1 is 1.12 bits per heavy atom. The molecule has 1 saturated heterocycles. The zero-order valence-corrected chi connectivity index (χ0v) is 14.2. The average Bonchev–Trinajstić information content (AvgIpc) is 2.88.